The Labute approximate surface area is 120 Å². The van der Waals surface area contributed by atoms with Gasteiger partial charge in [0.25, 0.3) is 0 Å². The number of hydrogen-bond donors (Lipinski definition) is 0. The van der Waals surface area contributed by atoms with Crippen LogP contribution in [0, 0.1) is 16.0 Å². The maximum absolute atomic E-state index is 11.1. The molecule has 2 heterocycles. The fourth-order valence-corrected chi connectivity index (χ4v) is 2.57. The molecule has 0 spiro atoms. The highest BCUT2D eigenvalue weighted by atomic mass is 79.9. The van der Waals surface area contributed by atoms with Crippen molar-refractivity contribution in [3.8, 4) is 0 Å². The van der Waals surface area contributed by atoms with Crippen LogP contribution in [0.3, 0.4) is 0 Å². The van der Waals surface area contributed by atoms with Crippen LogP contribution in [0.1, 0.15) is 12.8 Å². The normalized spacial score (nSPS) is 16.3. The van der Waals surface area contributed by atoms with E-state index in [-0.39, 0.29) is 5.69 Å². The van der Waals surface area contributed by atoms with Gasteiger partial charge in [0.1, 0.15) is 0 Å². The fraction of sp³-hybridized carbons (Fsp3) is 0.583. The third-order valence-electron chi connectivity index (χ3n) is 3.25. The first kappa shape index (κ1) is 14.2. The molecule has 1 aromatic rings. The van der Waals surface area contributed by atoms with E-state index in [1.807, 2.05) is 11.9 Å². The Morgan fingerprint density at radius 3 is 2.89 bits per heavy atom. The highest BCUT2D eigenvalue weighted by Gasteiger charge is 2.22. The zero-order valence-electron chi connectivity index (χ0n) is 10.7. The molecule has 0 N–H and O–H groups in total. The summed E-state index contributed by atoms with van der Waals surface area (Å²) in [6.45, 7) is 2.31. The first-order valence-corrected chi connectivity index (χ1v) is 6.96. The van der Waals surface area contributed by atoms with E-state index < -0.39 is 4.92 Å². The summed E-state index contributed by atoms with van der Waals surface area (Å²) in [7, 11) is 1.85. The van der Waals surface area contributed by atoms with Crippen LogP contribution in [0.5, 0.6) is 0 Å². The summed E-state index contributed by atoms with van der Waals surface area (Å²) in [6, 6.07) is 1.49. The van der Waals surface area contributed by atoms with Crippen molar-refractivity contribution in [2.45, 2.75) is 12.8 Å². The molecule has 0 saturated carbocycles. The summed E-state index contributed by atoms with van der Waals surface area (Å²) in [4.78, 5) is 16.7. The third-order valence-corrected chi connectivity index (χ3v) is 3.68. The lowest BCUT2D eigenvalue weighted by atomic mass is 10.00. The smallest absolute Gasteiger partial charge is 0.312 e. The van der Waals surface area contributed by atoms with E-state index in [2.05, 4.69) is 20.9 Å². The molecule has 104 valence electrons. The number of nitrogens with zero attached hydrogens (tertiary/aromatic N) is 3. The second-order valence-electron chi connectivity index (χ2n) is 4.69. The van der Waals surface area contributed by atoms with Crippen LogP contribution < -0.4 is 4.90 Å². The van der Waals surface area contributed by atoms with Gasteiger partial charge in [0.05, 0.1) is 4.92 Å². The van der Waals surface area contributed by atoms with Crippen LogP contribution >= 0.6 is 15.9 Å². The molecule has 0 aliphatic carbocycles. The molecule has 0 radical (unpaired) electrons. The lowest BCUT2D eigenvalue weighted by molar-refractivity contribution is -0.384. The lowest BCUT2D eigenvalue weighted by Crippen LogP contribution is -2.30. The molecule has 7 heteroatoms. The van der Waals surface area contributed by atoms with Gasteiger partial charge >= 0.3 is 5.69 Å². The van der Waals surface area contributed by atoms with Crippen LogP contribution in [-0.4, -0.2) is 36.7 Å². The molecule has 1 fully saturated rings. The minimum absolute atomic E-state index is 0.0314. The van der Waals surface area contributed by atoms with Gasteiger partial charge in [-0.1, -0.05) is 0 Å². The molecule has 1 aliphatic rings. The first-order valence-electron chi connectivity index (χ1n) is 6.16. The molecule has 0 atom stereocenters. The Morgan fingerprint density at radius 2 is 2.26 bits per heavy atom. The molecule has 0 bridgehead atoms. The molecule has 2 rings (SSSR count). The predicted octanol–water partition coefficient (Wildman–Crippen LogP) is 2.62. The van der Waals surface area contributed by atoms with E-state index >= 15 is 0 Å². The summed E-state index contributed by atoms with van der Waals surface area (Å²) >= 11 is 3.21. The topological polar surface area (TPSA) is 68.5 Å². The Morgan fingerprint density at radius 1 is 1.58 bits per heavy atom. The molecule has 0 unspecified atom stereocenters. The van der Waals surface area contributed by atoms with E-state index in [0.717, 1.165) is 32.6 Å². The highest BCUT2D eigenvalue weighted by Crippen LogP contribution is 2.29. The van der Waals surface area contributed by atoms with Crippen LogP contribution in [0.2, 0.25) is 0 Å². The molecule has 0 amide bonds. The van der Waals surface area contributed by atoms with Gasteiger partial charge in [0.2, 0.25) is 5.82 Å². The van der Waals surface area contributed by atoms with Crippen LogP contribution in [-0.2, 0) is 4.74 Å². The minimum Gasteiger partial charge on any atom is -0.381 e. The summed E-state index contributed by atoms with van der Waals surface area (Å²) < 4.78 is 5.93. The number of halogens is 1. The molecule has 1 saturated heterocycles. The number of hydrogen-bond acceptors (Lipinski definition) is 5. The number of rotatable bonds is 4. The average molecular weight is 330 g/mol. The van der Waals surface area contributed by atoms with Crippen molar-refractivity contribution >= 4 is 27.4 Å². The number of nitro groups is 1. The standard InChI is InChI=1S/C12H16BrN3O3/c1-15(8-9-2-4-19-5-3-9)12-11(16(17)18)6-10(13)7-14-12/h6-7,9H,2-5,8H2,1H3. The van der Waals surface area contributed by atoms with Crippen molar-refractivity contribution in [2.24, 2.45) is 5.92 Å². The van der Waals surface area contributed by atoms with Gasteiger partial charge in [-0.25, -0.2) is 4.98 Å². The van der Waals surface area contributed by atoms with Gasteiger partial charge in [0.15, 0.2) is 0 Å². The Kier molecular flexibility index (Phi) is 4.71. The van der Waals surface area contributed by atoms with Crippen LogP contribution in [0.25, 0.3) is 0 Å². The highest BCUT2D eigenvalue weighted by molar-refractivity contribution is 9.10. The second kappa shape index (κ2) is 6.29. The minimum atomic E-state index is -0.395. The van der Waals surface area contributed by atoms with E-state index in [0.29, 0.717) is 16.2 Å². The summed E-state index contributed by atoms with van der Waals surface area (Å²) in [6.07, 6.45) is 3.58. The number of ether oxygens (including phenoxy) is 1. The quantitative estimate of drug-likeness (QED) is 0.627. The number of pyridine rings is 1. The third kappa shape index (κ3) is 3.63. The van der Waals surface area contributed by atoms with E-state index in [1.54, 1.807) is 6.20 Å². The predicted molar refractivity (Wildman–Crippen MR) is 75.4 cm³/mol. The molecule has 6 nitrogen and oxygen atoms in total. The zero-order valence-corrected chi connectivity index (χ0v) is 12.3. The average Bonchev–Trinajstić information content (AvgIpc) is 2.39. The van der Waals surface area contributed by atoms with Crippen LogP contribution in [0.4, 0.5) is 11.5 Å². The first-order chi connectivity index (χ1) is 9.08. The zero-order chi connectivity index (χ0) is 13.8. The SMILES string of the molecule is CN(CC1CCOCC1)c1ncc(Br)cc1[N+](=O)[O-]. The number of anilines is 1. The Bertz CT molecular complexity index is 464. The van der Waals surface area contributed by atoms with Gasteiger partial charge in [0, 0.05) is 43.5 Å². The van der Waals surface area contributed by atoms with Gasteiger partial charge < -0.3 is 9.64 Å². The van der Waals surface area contributed by atoms with Crippen molar-refractivity contribution in [3.05, 3.63) is 26.9 Å². The van der Waals surface area contributed by atoms with E-state index in [1.165, 1.54) is 6.07 Å². The van der Waals surface area contributed by atoms with Crippen LogP contribution in [0.15, 0.2) is 16.7 Å². The monoisotopic (exact) mass is 329 g/mol. The van der Waals surface area contributed by atoms with Crippen molar-refractivity contribution in [2.75, 3.05) is 31.7 Å². The van der Waals surface area contributed by atoms with E-state index in [4.69, 9.17) is 4.74 Å². The molecule has 1 aliphatic heterocycles. The lowest BCUT2D eigenvalue weighted by Gasteiger charge is -2.27. The van der Waals surface area contributed by atoms with Gasteiger partial charge in [-0.05, 0) is 34.7 Å². The Balaban J connectivity index is 2.13. The maximum atomic E-state index is 11.1. The van der Waals surface area contributed by atoms with Gasteiger partial charge in [-0.15, -0.1) is 0 Å². The fourth-order valence-electron chi connectivity index (χ4n) is 2.25. The molecule has 19 heavy (non-hydrogen) atoms. The Hall–Kier alpha value is -1.21. The van der Waals surface area contributed by atoms with Crippen molar-refractivity contribution in [1.29, 1.82) is 0 Å². The van der Waals surface area contributed by atoms with Crippen molar-refractivity contribution < 1.29 is 9.66 Å². The largest absolute Gasteiger partial charge is 0.381 e. The van der Waals surface area contributed by atoms with E-state index in [9.17, 15) is 10.1 Å². The molecule has 0 aromatic carbocycles. The molecular weight excluding hydrogens is 314 g/mol. The summed E-state index contributed by atoms with van der Waals surface area (Å²) in [5.74, 6) is 0.920. The molecular formula is C12H16BrN3O3. The van der Waals surface area contributed by atoms with Crippen molar-refractivity contribution in [1.82, 2.24) is 4.98 Å². The maximum Gasteiger partial charge on any atom is 0.312 e. The summed E-state index contributed by atoms with van der Waals surface area (Å²) in [5, 5.41) is 11.1. The van der Waals surface area contributed by atoms with Crippen molar-refractivity contribution in [3.63, 3.8) is 0 Å². The second-order valence-corrected chi connectivity index (χ2v) is 5.61. The molecule has 1 aromatic heterocycles. The number of aromatic nitrogens is 1. The summed E-state index contributed by atoms with van der Waals surface area (Å²) in [5.41, 5.74) is 0.0314. The van der Waals surface area contributed by atoms with Gasteiger partial charge in [-0.3, -0.25) is 10.1 Å². The van der Waals surface area contributed by atoms with Gasteiger partial charge in [-0.2, -0.15) is 0 Å².